The normalized spacial score (nSPS) is 12.1. The zero-order chi connectivity index (χ0) is 33.0. The van der Waals surface area contributed by atoms with E-state index in [0.29, 0.717) is 11.3 Å². The van der Waals surface area contributed by atoms with Gasteiger partial charge in [-0.1, -0.05) is 68.4 Å². The number of nitrogens with zero attached hydrogens (tertiary/aromatic N) is 5. The van der Waals surface area contributed by atoms with Gasteiger partial charge in [0.1, 0.15) is 18.1 Å². The number of ether oxygens (including phenoxy) is 1. The molecule has 2 aromatic carbocycles. The van der Waals surface area contributed by atoms with Crippen molar-refractivity contribution < 1.29 is 23.5 Å². The second-order valence-corrected chi connectivity index (χ2v) is 11.4. The van der Waals surface area contributed by atoms with Gasteiger partial charge in [0, 0.05) is 10.9 Å². The Morgan fingerprint density at radius 1 is 0.978 bits per heavy atom. The highest BCUT2D eigenvalue weighted by Crippen LogP contribution is 2.30. The Morgan fingerprint density at radius 2 is 1.70 bits per heavy atom. The molecule has 46 heavy (non-hydrogen) atoms. The number of Topliss-reactive ketones (excluding diaryl/α,β-unsaturated/α-hetero) is 1. The van der Waals surface area contributed by atoms with E-state index in [0.717, 1.165) is 22.6 Å². The lowest BCUT2D eigenvalue weighted by molar-refractivity contribution is -0.122. The Kier molecular flexibility index (Phi) is 9.03. The topological polar surface area (TPSA) is 171 Å². The summed E-state index contributed by atoms with van der Waals surface area (Å²) in [4.78, 5) is 61.3. The zero-order valence-corrected chi connectivity index (χ0v) is 26.0. The fourth-order valence-corrected chi connectivity index (χ4v) is 4.83. The summed E-state index contributed by atoms with van der Waals surface area (Å²) < 4.78 is 11.6. The van der Waals surface area contributed by atoms with E-state index < -0.39 is 41.3 Å². The number of benzene rings is 2. The van der Waals surface area contributed by atoms with Crippen molar-refractivity contribution in [3.63, 3.8) is 0 Å². The lowest BCUT2D eigenvalue weighted by Crippen LogP contribution is -2.46. The number of carbonyl (C=O) groups is 3. The monoisotopic (exact) mass is 623 g/mol. The van der Waals surface area contributed by atoms with E-state index in [-0.39, 0.29) is 29.2 Å². The molecule has 0 bridgehead atoms. The highest BCUT2D eigenvalue weighted by Gasteiger charge is 2.35. The molecule has 2 N–H and O–H groups in total. The summed E-state index contributed by atoms with van der Waals surface area (Å²) in [6, 6.07) is 19.3. The highest BCUT2D eigenvalue weighted by atomic mass is 16.5. The summed E-state index contributed by atoms with van der Waals surface area (Å²) in [7, 11) is 1.16. The first kappa shape index (κ1) is 31.7. The maximum Gasteiger partial charge on any atom is 0.411 e. The molecule has 236 valence electrons. The smallest absolute Gasteiger partial charge is 0.411 e. The molecule has 3 heterocycles. The average Bonchev–Trinajstić information content (AvgIpc) is 3.57. The molecule has 0 saturated carbocycles. The largest absolute Gasteiger partial charge is 0.453 e. The van der Waals surface area contributed by atoms with Gasteiger partial charge in [0.2, 0.25) is 17.6 Å². The van der Waals surface area contributed by atoms with E-state index >= 15 is 0 Å². The summed E-state index contributed by atoms with van der Waals surface area (Å²) in [5.74, 6) is -1.50. The number of rotatable bonds is 10. The summed E-state index contributed by atoms with van der Waals surface area (Å²) in [5.41, 5.74) is 0.362. The van der Waals surface area contributed by atoms with E-state index in [4.69, 9.17) is 9.40 Å². The van der Waals surface area contributed by atoms with Crippen molar-refractivity contribution in [1.29, 1.82) is 0 Å². The van der Waals surface area contributed by atoms with Gasteiger partial charge in [-0.05, 0) is 31.9 Å². The number of aromatic nitrogens is 5. The number of hydrogen-bond acceptors (Lipinski definition) is 10. The number of pyridine rings is 1. The molecular formula is C33H33N7O6. The van der Waals surface area contributed by atoms with E-state index in [1.54, 1.807) is 44.2 Å². The van der Waals surface area contributed by atoms with Gasteiger partial charge in [0.15, 0.2) is 0 Å². The van der Waals surface area contributed by atoms with Crippen LogP contribution in [0, 0.1) is 5.92 Å². The maximum atomic E-state index is 13.6. The van der Waals surface area contributed by atoms with Crippen LogP contribution < -0.4 is 16.2 Å². The summed E-state index contributed by atoms with van der Waals surface area (Å²) in [6.07, 6.45) is 0.324. The third-order valence-corrected chi connectivity index (χ3v) is 7.48. The second-order valence-electron chi connectivity index (χ2n) is 11.4. The van der Waals surface area contributed by atoms with Gasteiger partial charge in [-0.2, -0.15) is 0 Å². The van der Waals surface area contributed by atoms with Gasteiger partial charge >= 0.3 is 6.09 Å². The number of nitrogens with one attached hydrogen (secondary N) is 2. The summed E-state index contributed by atoms with van der Waals surface area (Å²) in [6.45, 7) is 6.75. The molecule has 5 aromatic rings. The van der Waals surface area contributed by atoms with Crippen LogP contribution in [-0.2, 0) is 21.5 Å². The molecule has 1 atom stereocenters. The maximum absolute atomic E-state index is 13.6. The number of para-hydroxylation sites is 1. The van der Waals surface area contributed by atoms with E-state index in [9.17, 15) is 19.2 Å². The number of methoxy groups -OCH3 is 1. The van der Waals surface area contributed by atoms with E-state index in [2.05, 4.69) is 30.6 Å². The van der Waals surface area contributed by atoms with Gasteiger partial charge in [-0.3, -0.25) is 29.3 Å². The molecule has 0 aliphatic rings. The molecule has 0 saturated heterocycles. The van der Waals surface area contributed by atoms with Crippen molar-refractivity contribution in [3.8, 4) is 11.4 Å². The van der Waals surface area contributed by atoms with Crippen LogP contribution in [0.25, 0.3) is 22.3 Å². The van der Waals surface area contributed by atoms with Crippen molar-refractivity contribution in [2.24, 2.45) is 5.92 Å². The average molecular weight is 624 g/mol. The SMILES string of the molecule is COC(=O)Nc1cnc(-c2ccccc2)n(CC(=O)N[C@H](C(=O)c2nnc(C(C)(C)c3ccc4ccccc4n3)o2)C(C)C)c1=O. The minimum Gasteiger partial charge on any atom is -0.453 e. The first-order valence-corrected chi connectivity index (χ1v) is 14.5. The lowest BCUT2D eigenvalue weighted by atomic mass is 9.88. The van der Waals surface area contributed by atoms with Crippen molar-refractivity contribution in [2.75, 3.05) is 12.4 Å². The number of fused-ring (bicyclic) bond motifs is 1. The molecular weight excluding hydrogens is 590 g/mol. The minimum atomic E-state index is -1.05. The Balaban J connectivity index is 1.39. The molecule has 0 unspecified atom stereocenters. The molecule has 13 heteroatoms. The summed E-state index contributed by atoms with van der Waals surface area (Å²) >= 11 is 0. The van der Waals surface area contributed by atoms with Crippen LogP contribution in [0.2, 0.25) is 0 Å². The third kappa shape index (κ3) is 6.53. The lowest BCUT2D eigenvalue weighted by Gasteiger charge is -2.21. The van der Waals surface area contributed by atoms with Crippen molar-refractivity contribution in [1.82, 2.24) is 30.0 Å². The van der Waals surface area contributed by atoms with Crippen LogP contribution >= 0.6 is 0 Å². The van der Waals surface area contributed by atoms with Crippen LogP contribution in [0.3, 0.4) is 0 Å². The Hall–Kier alpha value is -5.72. The standard InChI is InChI=1S/C33H33N7O6/c1-19(2)26(27(42)29-38-39-31(46-29)33(3,4)24-16-15-20-11-9-10-14-22(20)35-24)37-25(41)18-40-28(21-12-7-6-8-13-21)34-17-23(30(40)43)36-32(44)45-5/h6-17,19,26H,18H2,1-5H3,(H,36,44)(H,37,41)/t26-/m0/s1. The molecule has 0 spiro atoms. The predicted octanol–water partition coefficient (Wildman–Crippen LogP) is 4.37. The Bertz CT molecular complexity index is 1970. The minimum absolute atomic E-state index is 0.183. The Labute approximate surface area is 264 Å². The first-order chi connectivity index (χ1) is 22.0. The summed E-state index contributed by atoms with van der Waals surface area (Å²) in [5, 5.41) is 14.2. The predicted molar refractivity (Wildman–Crippen MR) is 169 cm³/mol. The Morgan fingerprint density at radius 3 is 2.41 bits per heavy atom. The third-order valence-electron chi connectivity index (χ3n) is 7.48. The van der Waals surface area contributed by atoms with Crippen LogP contribution in [-0.4, -0.2) is 55.7 Å². The van der Waals surface area contributed by atoms with Crippen LogP contribution in [0.1, 0.15) is 50.0 Å². The van der Waals surface area contributed by atoms with Crippen molar-refractivity contribution in [2.45, 2.75) is 45.7 Å². The van der Waals surface area contributed by atoms with Gasteiger partial charge in [-0.25, -0.2) is 9.78 Å². The molecule has 0 radical (unpaired) electrons. The van der Waals surface area contributed by atoms with Gasteiger partial charge in [0.25, 0.3) is 11.4 Å². The number of anilines is 1. The van der Waals surface area contributed by atoms with Crippen LogP contribution in [0.5, 0.6) is 0 Å². The van der Waals surface area contributed by atoms with E-state index in [1.165, 1.54) is 6.20 Å². The van der Waals surface area contributed by atoms with E-state index in [1.807, 2.05) is 50.2 Å². The van der Waals surface area contributed by atoms with Gasteiger partial charge in [-0.15, -0.1) is 10.2 Å². The van der Waals surface area contributed by atoms with Gasteiger partial charge in [0.05, 0.1) is 36.0 Å². The fourth-order valence-electron chi connectivity index (χ4n) is 4.83. The van der Waals surface area contributed by atoms with Crippen LogP contribution in [0.4, 0.5) is 10.5 Å². The quantitative estimate of drug-likeness (QED) is 0.213. The molecule has 5 rings (SSSR count). The first-order valence-electron chi connectivity index (χ1n) is 14.5. The molecule has 13 nitrogen and oxygen atoms in total. The molecule has 2 amide bonds. The number of amides is 2. The van der Waals surface area contributed by atoms with Crippen LogP contribution in [0.15, 0.2) is 82.1 Å². The number of ketones is 1. The van der Waals surface area contributed by atoms with Crippen molar-refractivity contribution >= 4 is 34.4 Å². The molecule has 0 aliphatic heterocycles. The zero-order valence-electron chi connectivity index (χ0n) is 26.0. The highest BCUT2D eigenvalue weighted by molar-refractivity contribution is 5.98. The van der Waals surface area contributed by atoms with Gasteiger partial charge < -0.3 is 14.5 Å². The number of carbonyl (C=O) groups excluding carboxylic acids is 3. The number of hydrogen-bond donors (Lipinski definition) is 2. The van der Waals surface area contributed by atoms with Crippen molar-refractivity contribution in [3.05, 3.63) is 101 Å². The molecule has 0 aliphatic carbocycles. The fraction of sp³-hybridized carbons (Fsp3) is 0.273. The second kappa shape index (κ2) is 13.1. The molecule has 3 aromatic heterocycles. The molecule has 0 fully saturated rings.